The normalized spacial score (nSPS) is 15.0. The van der Waals surface area contributed by atoms with Gasteiger partial charge in [0.05, 0.1) is 5.92 Å². The zero-order chi connectivity index (χ0) is 27.3. The van der Waals surface area contributed by atoms with Crippen LogP contribution >= 0.6 is 15.9 Å². The second-order valence-electron chi connectivity index (χ2n) is 10.8. The molecule has 38 heavy (non-hydrogen) atoms. The van der Waals surface area contributed by atoms with Crippen molar-refractivity contribution in [3.63, 3.8) is 0 Å². The molecule has 2 aliphatic rings. The largest absolute Gasteiger partial charge is 0.477 e. The predicted octanol–water partition coefficient (Wildman–Crippen LogP) is 7.04. The quantitative estimate of drug-likeness (QED) is 0.314. The summed E-state index contributed by atoms with van der Waals surface area (Å²) < 4.78 is 5.08. The summed E-state index contributed by atoms with van der Waals surface area (Å²) in [6, 6.07) is 4.26. The van der Waals surface area contributed by atoms with E-state index in [1.54, 1.807) is 0 Å². The molecule has 0 unspecified atom stereocenters. The molecule has 202 valence electrons. The number of hydrogen-bond acceptors (Lipinski definition) is 2. The fraction of sp³-hybridized carbons (Fsp3) is 0.484. The molecule has 1 aromatic carbocycles. The molecule has 5 rings (SSSR count). The number of aromatic carboxylic acids is 2. The van der Waals surface area contributed by atoms with E-state index in [0.717, 1.165) is 106 Å². The van der Waals surface area contributed by atoms with Gasteiger partial charge in [0, 0.05) is 29.0 Å². The van der Waals surface area contributed by atoms with Crippen LogP contribution in [0.3, 0.4) is 0 Å². The maximum atomic E-state index is 12.7. The van der Waals surface area contributed by atoms with Crippen LogP contribution in [0.1, 0.15) is 117 Å². The van der Waals surface area contributed by atoms with Gasteiger partial charge in [0.25, 0.3) is 0 Å². The molecule has 0 atom stereocenters. The predicted molar refractivity (Wildman–Crippen MR) is 152 cm³/mol. The SMILES string of the molecule is CCn1c(C(=O)O)c2c(c1C(c1c(C)cc(Br)cc1C)c1c3c(c(C(=O)O)n1CC)CCCC3)CCCC2. The van der Waals surface area contributed by atoms with Gasteiger partial charge in [-0.3, -0.25) is 0 Å². The number of fused-ring (bicyclic) bond motifs is 2. The van der Waals surface area contributed by atoms with E-state index in [1.807, 2.05) is 23.0 Å². The molecule has 2 aromatic heterocycles. The molecule has 0 saturated carbocycles. The van der Waals surface area contributed by atoms with Crippen molar-refractivity contribution in [3.05, 3.63) is 78.3 Å². The Balaban J connectivity index is 1.97. The number of halogens is 1. The van der Waals surface area contributed by atoms with Crippen LogP contribution in [0, 0.1) is 13.8 Å². The third-order valence-electron chi connectivity index (χ3n) is 8.68. The van der Waals surface area contributed by atoms with Crippen molar-refractivity contribution in [3.8, 4) is 0 Å². The standard InChI is InChI=1S/C31H37BrN2O4/c1-5-33-26(20-11-7-9-13-22(20)28(33)30(35)36)25(24-17(3)15-19(32)16-18(24)4)27-21-12-8-10-14-23(21)29(31(37)38)34(27)6-2/h15-16,25H,5-14H2,1-4H3,(H,35,36)(H,37,38). The zero-order valence-electron chi connectivity index (χ0n) is 22.8. The molecular formula is C31H37BrN2O4. The smallest absolute Gasteiger partial charge is 0.352 e. The molecule has 0 spiro atoms. The van der Waals surface area contributed by atoms with E-state index in [1.165, 1.54) is 0 Å². The average Bonchev–Trinajstić information content (AvgIpc) is 3.39. The molecule has 2 N–H and O–H groups in total. The molecule has 2 aliphatic carbocycles. The Hall–Kier alpha value is -2.80. The lowest BCUT2D eigenvalue weighted by Gasteiger charge is -2.29. The van der Waals surface area contributed by atoms with E-state index in [9.17, 15) is 19.8 Å². The second-order valence-corrected chi connectivity index (χ2v) is 11.7. The van der Waals surface area contributed by atoms with Crippen LogP contribution in [-0.4, -0.2) is 31.3 Å². The van der Waals surface area contributed by atoms with Gasteiger partial charge in [0.1, 0.15) is 11.4 Å². The molecule has 2 heterocycles. The van der Waals surface area contributed by atoms with Crippen LogP contribution < -0.4 is 0 Å². The molecule has 7 heteroatoms. The molecule has 6 nitrogen and oxygen atoms in total. The first-order valence-corrected chi connectivity index (χ1v) is 14.7. The first-order valence-electron chi connectivity index (χ1n) is 13.9. The monoisotopic (exact) mass is 580 g/mol. The maximum absolute atomic E-state index is 12.7. The van der Waals surface area contributed by atoms with E-state index in [-0.39, 0.29) is 5.92 Å². The molecule has 0 amide bonds. The van der Waals surface area contributed by atoms with E-state index < -0.39 is 11.9 Å². The molecule has 0 aliphatic heterocycles. The van der Waals surface area contributed by atoms with Crippen LogP contribution in [-0.2, 0) is 38.8 Å². The Kier molecular flexibility index (Phi) is 7.33. The van der Waals surface area contributed by atoms with E-state index >= 15 is 0 Å². The number of rotatable bonds is 7. The van der Waals surface area contributed by atoms with Gasteiger partial charge in [-0.2, -0.15) is 0 Å². The van der Waals surface area contributed by atoms with Crippen molar-refractivity contribution >= 4 is 27.9 Å². The summed E-state index contributed by atoms with van der Waals surface area (Å²) in [4.78, 5) is 25.4. The number of carboxylic acids is 2. The Morgan fingerprint density at radius 3 is 1.47 bits per heavy atom. The van der Waals surface area contributed by atoms with Crippen molar-refractivity contribution < 1.29 is 19.8 Å². The summed E-state index contributed by atoms with van der Waals surface area (Å²) in [5.74, 6) is -2.00. The first-order chi connectivity index (χ1) is 18.2. The van der Waals surface area contributed by atoms with E-state index in [2.05, 4.69) is 41.9 Å². The lowest BCUT2D eigenvalue weighted by Crippen LogP contribution is -2.21. The highest BCUT2D eigenvalue weighted by Gasteiger charge is 2.39. The van der Waals surface area contributed by atoms with Gasteiger partial charge < -0.3 is 19.3 Å². The third kappa shape index (κ3) is 4.14. The highest BCUT2D eigenvalue weighted by Crippen LogP contribution is 2.47. The van der Waals surface area contributed by atoms with Gasteiger partial charge in [0.15, 0.2) is 0 Å². The van der Waals surface area contributed by atoms with Gasteiger partial charge in [-0.05, 0) is 130 Å². The highest BCUT2D eigenvalue weighted by molar-refractivity contribution is 9.10. The van der Waals surface area contributed by atoms with Crippen LogP contribution in [0.5, 0.6) is 0 Å². The van der Waals surface area contributed by atoms with Crippen LogP contribution in [0.2, 0.25) is 0 Å². The highest BCUT2D eigenvalue weighted by atomic mass is 79.9. The van der Waals surface area contributed by atoms with E-state index in [4.69, 9.17) is 0 Å². The van der Waals surface area contributed by atoms with Crippen LogP contribution in [0.15, 0.2) is 16.6 Å². The minimum atomic E-state index is -0.877. The molecule has 0 bridgehead atoms. The molecule has 0 radical (unpaired) electrons. The van der Waals surface area contributed by atoms with Crippen molar-refractivity contribution in [2.24, 2.45) is 0 Å². The zero-order valence-corrected chi connectivity index (χ0v) is 24.4. The molecule has 3 aromatic rings. The van der Waals surface area contributed by atoms with E-state index in [0.29, 0.717) is 24.5 Å². The first kappa shape index (κ1) is 26.8. The molecular weight excluding hydrogens is 544 g/mol. The van der Waals surface area contributed by atoms with Crippen molar-refractivity contribution in [2.45, 2.75) is 98.1 Å². The number of carboxylic acid groups (broad SMARTS) is 2. The summed E-state index contributed by atoms with van der Waals surface area (Å²) in [6.45, 7) is 9.39. The average molecular weight is 582 g/mol. The minimum Gasteiger partial charge on any atom is -0.477 e. The Labute approximate surface area is 232 Å². The van der Waals surface area contributed by atoms with Crippen molar-refractivity contribution in [1.29, 1.82) is 0 Å². The Bertz CT molecular complexity index is 1340. The minimum absolute atomic E-state index is 0.247. The van der Waals surface area contributed by atoms with Crippen LogP contribution in [0.25, 0.3) is 0 Å². The Morgan fingerprint density at radius 1 is 0.763 bits per heavy atom. The lowest BCUT2D eigenvalue weighted by molar-refractivity contribution is 0.0673. The number of benzene rings is 1. The molecule has 0 saturated heterocycles. The molecule has 0 fully saturated rings. The number of aryl methyl sites for hydroxylation is 2. The number of hydrogen-bond donors (Lipinski definition) is 2. The summed E-state index contributed by atoms with van der Waals surface area (Å²) in [6.07, 6.45) is 7.30. The van der Waals surface area contributed by atoms with Crippen LogP contribution in [0.4, 0.5) is 0 Å². The topological polar surface area (TPSA) is 84.5 Å². The summed E-state index contributed by atoms with van der Waals surface area (Å²) in [5.41, 5.74) is 10.6. The van der Waals surface area contributed by atoms with Crippen molar-refractivity contribution in [2.75, 3.05) is 0 Å². The maximum Gasteiger partial charge on any atom is 0.352 e. The van der Waals surface area contributed by atoms with Gasteiger partial charge in [-0.25, -0.2) is 9.59 Å². The lowest BCUT2D eigenvalue weighted by atomic mass is 9.79. The van der Waals surface area contributed by atoms with Gasteiger partial charge in [-0.1, -0.05) is 15.9 Å². The van der Waals surface area contributed by atoms with Gasteiger partial charge in [0.2, 0.25) is 0 Å². The summed E-state index contributed by atoms with van der Waals surface area (Å²) in [5, 5.41) is 20.8. The Morgan fingerprint density at radius 2 is 1.13 bits per heavy atom. The fourth-order valence-electron chi connectivity index (χ4n) is 7.38. The van der Waals surface area contributed by atoms with Crippen molar-refractivity contribution in [1.82, 2.24) is 9.13 Å². The number of carbonyl (C=O) groups is 2. The third-order valence-corrected chi connectivity index (χ3v) is 9.14. The summed E-state index contributed by atoms with van der Waals surface area (Å²) in [7, 11) is 0. The van der Waals surface area contributed by atoms with Gasteiger partial charge in [-0.15, -0.1) is 0 Å². The fourth-order valence-corrected chi connectivity index (χ4v) is 8.06. The van der Waals surface area contributed by atoms with Gasteiger partial charge >= 0.3 is 11.9 Å². The summed E-state index contributed by atoms with van der Waals surface area (Å²) >= 11 is 3.67. The second kappa shape index (κ2) is 10.4. The number of nitrogens with zero attached hydrogens (tertiary/aromatic N) is 2. The number of aromatic nitrogens is 2.